The lowest BCUT2D eigenvalue weighted by Crippen LogP contribution is -1.99. The number of non-ortho nitro benzene ring substituents is 2. The van der Waals surface area contributed by atoms with Crippen molar-refractivity contribution in [3.8, 4) is 0 Å². The molecule has 4 aromatic carbocycles. The Morgan fingerprint density at radius 1 is 0.471 bits per heavy atom. The summed E-state index contributed by atoms with van der Waals surface area (Å²) in [6, 6.07) is 29.1. The lowest BCUT2D eigenvalue weighted by molar-refractivity contribution is -0.385. The third kappa shape index (κ3) is 4.76. The van der Waals surface area contributed by atoms with Crippen molar-refractivity contribution in [3.63, 3.8) is 0 Å². The predicted octanol–water partition coefficient (Wildman–Crippen LogP) is 7.13. The Labute approximate surface area is 197 Å². The molecule has 0 unspecified atom stereocenters. The van der Waals surface area contributed by atoms with Crippen molar-refractivity contribution in [2.24, 2.45) is 0 Å². The van der Waals surface area contributed by atoms with Gasteiger partial charge in [0.1, 0.15) is 0 Å². The van der Waals surface area contributed by atoms with Crippen LogP contribution < -0.4 is 0 Å². The summed E-state index contributed by atoms with van der Waals surface area (Å²) in [5.41, 5.74) is 7.50. The fourth-order valence-corrected chi connectivity index (χ4v) is 3.85. The summed E-state index contributed by atoms with van der Waals surface area (Å²) >= 11 is 0. The minimum Gasteiger partial charge on any atom is -0.258 e. The molecule has 4 rings (SSSR count). The average molecular weight is 450 g/mol. The van der Waals surface area contributed by atoms with E-state index in [0.717, 1.165) is 44.5 Å². The van der Waals surface area contributed by atoms with Gasteiger partial charge in [0.25, 0.3) is 11.4 Å². The highest BCUT2D eigenvalue weighted by atomic mass is 16.6. The van der Waals surface area contributed by atoms with Crippen LogP contribution in [0, 0.1) is 34.1 Å². The van der Waals surface area contributed by atoms with Gasteiger partial charge in [-0.15, -0.1) is 0 Å². The van der Waals surface area contributed by atoms with Gasteiger partial charge >= 0.3 is 0 Å². The molecule has 0 fully saturated rings. The van der Waals surface area contributed by atoms with Crippen LogP contribution in [0.25, 0.3) is 11.1 Å². The average Bonchev–Trinajstić information content (AvgIpc) is 2.84. The number of nitrogens with zero attached hydrogens (tertiary/aromatic N) is 2. The molecule has 0 N–H and O–H groups in total. The van der Waals surface area contributed by atoms with Crippen molar-refractivity contribution in [1.29, 1.82) is 0 Å². The summed E-state index contributed by atoms with van der Waals surface area (Å²) in [6.07, 6.45) is 0. The second-order valence-electron chi connectivity index (χ2n) is 8.09. The van der Waals surface area contributed by atoms with Gasteiger partial charge in [-0.05, 0) is 71.5 Å². The molecule has 6 nitrogen and oxygen atoms in total. The Kier molecular flexibility index (Phi) is 6.32. The number of rotatable bonds is 6. The molecule has 0 aromatic heterocycles. The van der Waals surface area contributed by atoms with E-state index in [1.54, 1.807) is 24.3 Å². The van der Waals surface area contributed by atoms with Crippen molar-refractivity contribution in [3.05, 3.63) is 151 Å². The summed E-state index contributed by atoms with van der Waals surface area (Å²) in [5, 5.41) is 22.4. The maximum atomic E-state index is 11.2. The highest BCUT2D eigenvalue weighted by Gasteiger charge is 2.18. The molecular formula is C28H22N2O4. The number of nitro groups is 2. The van der Waals surface area contributed by atoms with Crippen LogP contribution in [0.4, 0.5) is 11.4 Å². The molecule has 0 aliphatic rings. The Balaban J connectivity index is 2.05. The first-order valence-electron chi connectivity index (χ1n) is 10.7. The molecule has 0 bridgehead atoms. The molecule has 0 radical (unpaired) electrons. The number of aryl methyl sites for hydroxylation is 2. The second-order valence-corrected chi connectivity index (χ2v) is 8.09. The highest BCUT2D eigenvalue weighted by molar-refractivity contribution is 6.04. The van der Waals surface area contributed by atoms with Crippen molar-refractivity contribution in [2.75, 3.05) is 0 Å². The van der Waals surface area contributed by atoms with E-state index in [4.69, 9.17) is 0 Å². The molecule has 4 aromatic rings. The number of benzene rings is 4. The fraction of sp³-hybridized carbons (Fsp3) is 0.0714. The number of hydrogen-bond donors (Lipinski definition) is 0. The molecule has 0 amide bonds. The first-order chi connectivity index (χ1) is 16.3. The molecule has 0 atom stereocenters. The lowest BCUT2D eigenvalue weighted by Gasteiger charge is -2.18. The van der Waals surface area contributed by atoms with E-state index in [1.165, 1.54) is 24.3 Å². The van der Waals surface area contributed by atoms with Gasteiger partial charge in [-0.2, -0.15) is 0 Å². The van der Waals surface area contributed by atoms with Crippen LogP contribution >= 0.6 is 0 Å². The molecule has 0 saturated carbocycles. The van der Waals surface area contributed by atoms with Crippen molar-refractivity contribution in [1.82, 2.24) is 0 Å². The maximum absolute atomic E-state index is 11.2. The van der Waals surface area contributed by atoms with Gasteiger partial charge in [0.15, 0.2) is 0 Å². The Morgan fingerprint density at radius 2 is 0.706 bits per heavy atom. The monoisotopic (exact) mass is 450 g/mol. The van der Waals surface area contributed by atoms with Crippen LogP contribution in [0.2, 0.25) is 0 Å². The zero-order valence-electron chi connectivity index (χ0n) is 18.8. The van der Waals surface area contributed by atoms with Crippen molar-refractivity contribution >= 4 is 22.5 Å². The van der Waals surface area contributed by atoms with Crippen LogP contribution in [-0.2, 0) is 0 Å². The molecule has 168 valence electrons. The molecule has 0 aliphatic heterocycles. The zero-order valence-corrected chi connectivity index (χ0v) is 18.8. The van der Waals surface area contributed by atoms with Gasteiger partial charge in [-0.25, -0.2) is 0 Å². The lowest BCUT2D eigenvalue weighted by atomic mass is 9.85. The standard InChI is InChI=1S/C28H22N2O4/c1-19-3-7-21(8-4-19)27(23-11-15-25(16-12-23)29(31)32)28(22-9-5-20(2)6-10-22)24-13-17-26(18-14-24)30(33)34/h3-18H,1-2H3/b28-27+. The topological polar surface area (TPSA) is 86.3 Å². The molecule has 0 saturated heterocycles. The number of hydrogen-bond acceptors (Lipinski definition) is 4. The molecule has 6 heteroatoms. The third-order valence-electron chi connectivity index (χ3n) is 5.66. The summed E-state index contributed by atoms with van der Waals surface area (Å²) in [7, 11) is 0. The normalized spacial score (nSPS) is 11.6. The molecular weight excluding hydrogens is 428 g/mol. The maximum Gasteiger partial charge on any atom is 0.269 e. The van der Waals surface area contributed by atoms with E-state index >= 15 is 0 Å². The van der Waals surface area contributed by atoms with Gasteiger partial charge in [0.05, 0.1) is 9.85 Å². The van der Waals surface area contributed by atoms with Gasteiger partial charge in [0, 0.05) is 24.3 Å². The van der Waals surface area contributed by atoms with E-state index in [0.29, 0.717) is 0 Å². The fourth-order valence-electron chi connectivity index (χ4n) is 3.85. The molecule has 0 aliphatic carbocycles. The Hall–Kier alpha value is -4.58. The smallest absolute Gasteiger partial charge is 0.258 e. The first-order valence-corrected chi connectivity index (χ1v) is 10.7. The molecule has 0 heterocycles. The van der Waals surface area contributed by atoms with Crippen LogP contribution in [0.15, 0.2) is 97.1 Å². The van der Waals surface area contributed by atoms with E-state index in [2.05, 4.69) is 0 Å². The van der Waals surface area contributed by atoms with Gasteiger partial charge in [0.2, 0.25) is 0 Å². The van der Waals surface area contributed by atoms with E-state index < -0.39 is 9.85 Å². The molecule has 0 spiro atoms. The van der Waals surface area contributed by atoms with Gasteiger partial charge in [-0.1, -0.05) is 59.7 Å². The minimum absolute atomic E-state index is 0.0132. The summed E-state index contributed by atoms with van der Waals surface area (Å²) in [4.78, 5) is 21.6. The number of nitro benzene ring substituents is 2. The third-order valence-corrected chi connectivity index (χ3v) is 5.66. The van der Waals surface area contributed by atoms with Crippen LogP contribution in [0.3, 0.4) is 0 Å². The summed E-state index contributed by atoms with van der Waals surface area (Å²) in [6.45, 7) is 4.02. The largest absolute Gasteiger partial charge is 0.269 e. The van der Waals surface area contributed by atoms with Crippen LogP contribution in [0.5, 0.6) is 0 Å². The van der Waals surface area contributed by atoms with E-state index in [9.17, 15) is 20.2 Å². The zero-order chi connectivity index (χ0) is 24.2. The van der Waals surface area contributed by atoms with E-state index in [-0.39, 0.29) is 11.4 Å². The molecule has 34 heavy (non-hydrogen) atoms. The summed E-state index contributed by atoms with van der Waals surface area (Å²) in [5.74, 6) is 0. The van der Waals surface area contributed by atoms with Crippen molar-refractivity contribution < 1.29 is 9.85 Å². The quantitative estimate of drug-likeness (QED) is 0.178. The second kappa shape index (κ2) is 9.50. The Morgan fingerprint density at radius 3 is 0.941 bits per heavy atom. The predicted molar refractivity (Wildman–Crippen MR) is 134 cm³/mol. The van der Waals surface area contributed by atoms with Gasteiger partial charge in [-0.3, -0.25) is 20.2 Å². The highest BCUT2D eigenvalue weighted by Crippen LogP contribution is 2.38. The first kappa shape index (κ1) is 22.6. The van der Waals surface area contributed by atoms with Crippen LogP contribution in [0.1, 0.15) is 33.4 Å². The SMILES string of the molecule is Cc1ccc(/C(=C(/c2ccc(C)cc2)c2ccc([N+](=O)[O-])cc2)c2ccc([N+](=O)[O-])cc2)cc1. The van der Waals surface area contributed by atoms with E-state index in [1.807, 2.05) is 62.4 Å². The Bertz CT molecular complexity index is 1260. The summed E-state index contributed by atoms with van der Waals surface area (Å²) < 4.78 is 0. The van der Waals surface area contributed by atoms with Gasteiger partial charge < -0.3 is 0 Å². The van der Waals surface area contributed by atoms with Crippen LogP contribution in [-0.4, -0.2) is 9.85 Å². The minimum atomic E-state index is -0.420. The van der Waals surface area contributed by atoms with Crippen molar-refractivity contribution in [2.45, 2.75) is 13.8 Å².